The Hall–Kier alpha value is -0.201. The Morgan fingerprint density at radius 3 is 3.05 bits per heavy atom. The molecule has 1 atom stereocenters. The molecule has 1 aliphatic rings. The van der Waals surface area contributed by atoms with E-state index in [0.717, 1.165) is 22.4 Å². The molecule has 0 aromatic carbocycles. The van der Waals surface area contributed by atoms with Crippen molar-refractivity contribution in [1.82, 2.24) is 5.32 Å². The van der Waals surface area contributed by atoms with Gasteiger partial charge in [0.05, 0.1) is 0 Å². The van der Waals surface area contributed by atoms with Gasteiger partial charge >= 0.3 is 130 Å². The van der Waals surface area contributed by atoms with Gasteiger partial charge in [-0.1, -0.05) is 0 Å². The summed E-state index contributed by atoms with van der Waals surface area (Å²) in [4.78, 5) is 12.9. The van der Waals surface area contributed by atoms with Crippen LogP contribution in [0.3, 0.4) is 0 Å². The van der Waals surface area contributed by atoms with Crippen LogP contribution in [0, 0.1) is 0 Å². The molecule has 0 aliphatic carbocycles. The van der Waals surface area contributed by atoms with Crippen LogP contribution in [0.2, 0.25) is 9.66 Å². The van der Waals surface area contributed by atoms with E-state index in [9.17, 15) is 4.79 Å². The van der Waals surface area contributed by atoms with Crippen LogP contribution >= 0.6 is 33.1 Å². The molecule has 1 amide bonds. The number of carbonyl (C=O) groups is 1. The molecule has 1 saturated heterocycles. The molecule has 19 heavy (non-hydrogen) atoms. The number of rotatable bonds is 4. The topological polar surface area (TPSA) is 61.7 Å². The van der Waals surface area contributed by atoms with Gasteiger partial charge in [-0.25, -0.2) is 0 Å². The molecule has 4 nitrogen and oxygen atoms in total. The van der Waals surface area contributed by atoms with Crippen molar-refractivity contribution in [3.63, 3.8) is 0 Å². The van der Waals surface area contributed by atoms with Gasteiger partial charge in [0.2, 0.25) is 0 Å². The van der Waals surface area contributed by atoms with Gasteiger partial charge < -0.3 is 0 Å². The molecular weight excluding hydrogens is 371 g/mol. The van der Waals surface area contributed by atoms with Gasteiger partial charge in [-0.3, -0.25) is 0 Å². The quantitative estimate of drug-likeness (QED) is 0.363. The van der Waals surface area contributed by atoms with Gasteiger partial charge in [-0.05, 0) is 0 Å². The fraction of sp³-hybridized carbons (Fsp3) is 0.455. The summed E-state index contributed by atoms with van der Waals surface area (Å²) in [7, 11) is 1.96. The number of carbonyl (C=O) groups excluding carboxylic acids is 1. The van der Waals surface area contributed by atoms with Crippen LogP contribution in [0.4, 0.5) is 0 Å². The van der Waals surface area contributed by atoms with E-state index in [2.05, 4.69) is 10.5 Å². The molecule has 1 aromatic heterocycles. The summed E-state index contributed by atoms with van der Waals surface area (Å²) < 4.78 is 0.666. The Morgan fingerprint density at radius 1 is 1.63 bits per heavy atom. The average molecular weight is 384 g/mol. The molecule has 1 fully saturated rings. The fourth-order valence-corrected chi connectivity index (χ4v) is 6.98. The third-order valence-electron chi connectivity index (χ3n) is 2.59. The molecule has 8 heteroatoms. The van der Waals surface area contributed by atoms with Gasteiger partial charge in [0.15, 0.2) is 0 Å². The zero-order chi connectivity index (χ0) is 13.7. The van der Waals surface area contributed by atoms with Crippen LogP contribution in [0.5, 0.6) is 0 Å². The summed E-state index contributed by atoms with van der Waals surface area (Å²) in [5, 5.41) is 16.1. The van der Waals surface area contributed by atoms with E-state index < -0.39 is 0 Å². The Balaban J connectivity index is 1.91. The summed E-state index contributed by atoms with van der Waals surface area (Å²) in [5.41, 5.74) is 0.143. The van der Waals surface area contributed by atoms with E-state index in [1.165, 1.54) is 11.3 Å². The second-order valence-corrected chi connectivity index (χ2v) is 10.3. The first-order chi connectivity index (χ1) is 9.19. The van der Waals surface area contributed by atoms with Crippen molar-refractivity contribution in [3.8, 4) is 0 Å². The standard InChI is InChI=1S/C11H13ClN2O2S2Se/c12-10-2-1-8(18-10)5-9(14-16)11(15)13-7-3-4-17-19-6-7/h1-2,7,16H,3-6H2,(H,13,15)/b14-9+. The van der Waals surface area contributed by atoms with Crippen molar-refractivity contribution in [1.29, 1.82) is 0 Å². The van der Waals surface area contributed by atoms with Crippen molar-refractivity contribution in [2.45, 2.75) is 24.2 Å². The minimum atomic E-state index is -0.278. The summed E-state index contributed by atoms with van der Waals surface area (Å²) in [5.74, 6) is 0.816. The van der Waals surface area contributed by atoms with Gasteiger partial charge in [-0.15, -0.1) is 0 Å². The Morgan fingerprint density at radius 2 is 2.47 bits per heavy atom. The number of oxime groups is 1. The normalized spacial score (nSPS) is 20.3. The third-order valence-corrected chi connectivity index (χ3v) is 8.33. The second kappa shape index (κ2) is 7.55. The monoisotopic (exact) mass is 384 g/mol. The van der Waals surface area contributed by atoms with Crippen LogP contribution in [0.1, 0.15) is 11.3 Å². The van der Waals surface area contributed by atoms with Crippen LogP contribution < -0.4 is 5.32 Å². The molecule has 0 spiro atoms. The van der Waals surface area contributed by atoms with Crippen LogP contribution in [0.25, 0.3) is 0 Å². The van der Waals surface area contributed by atoms with E-state index in [-0.39, 0.29) is 17.7 Å². The summed E-state index contributed by atoms with van der Waals surface area (Å²) in [6.07, 6.45) is 1.30. The number of nitrogens with zero attached hydrogens (tertiary/aromatic N) is 1. The van der Waals surface area contributed by atoms with Crippen molar-refractivity contribution < 1.29 is 10.0 Å². The van der Waals surface area contributed by atoms with Crippen molar-refractivity contribution >= 4 is 58.6 Å². The molecule has 104 valence electrons. The first-order valence-corrected chi connectivity index (χ1v) is 11.1. The van der Waals surface area contributed by atoms with Crippen molar-refractivity contribution in [2.75, 3.05) is 5.75 Å². The van der Waals surface area contributed by atoms with E-state index >= 15 is 0 Å². The van der Waals surface area contributed by atoms with Crippen molar-refractivity contribution in [3.05, 3.63) is 21.3 Å². The van der Waals surface area contributed by atoms with E-state index in [1.54, 1.807) is 6.07 Å². The zero-order valence-corrected chi connectivity index (χ0v) is 14.1. The molecule has 2 heterocycles. The number of halogens is 1. The predicted octanol–water partition coefficient (Wildman–Crippen LogP) is 2.43. The Kier molecular flexibility index (Phi) is 6.03. The molecule has 2 N–H and O–H groups in total. The van der Waals surface area contributed by atoms with Gasteiger partial charge in [0.1, 0.15) is 0 Å². The maximum atomic E-state index is 12.0. The van der Waals surface area contributed by atoms with E-state index in [0.29, 0.717) is 24.6 Å². The first-order valence-electron chi connectivity index (χ1n) is 5.69. The SMILES string of the molecule is O=C(NC1CCS[Se]C1)/C(Cc1ccc(Cl)s1)=N/O. The molecule has 0 bridgehead atoms. The average Bonchev–Trinajstić information content (AvgIpc) is 2.82. The molecule has 2 rings (SSSR count). The summed E-state index contributed by atoms with van der Waals surface area (Å²) in [6.45, 7) is 0. The number of hydrogen-bond donors (Lipinski definition) is 2. The van der Waals surface area contributed by atoms with Crippen LogP contribution in [0.15, 0.2) is 17.3 Å². The zero-order valence-electron chi connectivity index (χ0n) is 9.97. The number of thiophene rings is 1. The minimum absolute atomic E-state index is 0.143. The molecule has 1 unspecified atom stereocenters. The molecule has 0 saturated carbocycles. The van der Waals surface area contributed by atoms with Crippen LogP contribution in [-0.2, 0) is 11.2 Å². The van der Waals surface area contributed by atoms with Crippen molar-refractivity contribution in [2.24, 2.45) is 5.16 Å². The maximum absolute atomic E-state index is 12.0. The van der Waals surface area contributed by atoms with E-state index in [4.69, 9.17) is 16.8 Å². The van der Waals surface area contributed by atoms with Gasteiger partial charge in [-0.2, -0.15) is 0 Å². The Labute approximate surface area is 130 Å². The molecule has 0 radical (unpaired) electrons. The Bertz CT molecular complexity index is 475. The third kappa shape index (κ3) is 4.68. The molecule has 1 aromatic rings. The summed E-state index contributed by atoms with van der Waals surface area (Å²) >= 11 is 7.78. The summed E-state index contributed by atoms with van der Waals surface area (Å²) in [6, 6.07) is 3.83. The van der Waals surface area contributed by atoms with Gasteiger partial charge in [0, 0.05) is 0 Å². The number of hydrogen-bond acceptors (Lipinski definition) is 5. The fourth-order valence-electron chi connectivity index (χ4n) is 1.62. The van der Waals surface area contributed by atoms with E-state index in [1.807, 2.05) is 16.2 Å². The van der Waals surface area contributed by atoms with Gasteiger partial charge in [0.25, 0.3) is 0 Å². The molecule has 1 aliphatic heterocycles. The first kappa shape index (κ1) is 15.2. The molecular formula is C11H13ClN2O2S2Se. The predicted molar refractivity (Wildman–Crippen MR) is 81.8 cm³/mol. The second-order valence-electron chi connectivity index (χ2n) is 3.99. The number of amides is 1. The number of nitrogens with one attached hydrogen (secondary N) is 1. The van der Waals surface area contributed by atoms with Crippen LogP contribution in [-0.4, -0.2) is 42.5 Å².